The summed E-state index contributed by atoms with van der Waals surface area (Å²) in [5, 5.41) is 2.71. The van der Waals surface area contributed by atoms with E-state index in [0.717, 1.165) is 0 Å². The van der Waals surface area contributed by atoms with Gasteiger partial charge in [0.1, 0.15) is 18.1 Å². The zero-order chi connectivity index (χ0) is 17.4. The summed E-state index contributed by atoms with van der Waals surface area (Å²) >= 11 is 0.446. The molecule has 0 aromatic heterocycles. The van der Waals surface area contributed by atoms with Gasteiger partial charge in [-0.1, -0.05) is 17.8 Å². The Balaban J connectivity index is 1.76. The normalized spacial score (nSPS) is 10.5. The molecule has 0 aliphatic heterocycles. The van der Waals surface area contributed by atoms with Crippen LogP contribution in [0, 0.1) is 0 Å². The average Bonchev–Trinajstić information content (AvgIpc) is 2.59. The van der Waals surface area contributed by atoms with Crippen LogP contribution in [0.15, 0.2) is 53.4 Å². The third-order valence-corrected chi connectivity index (χ3v) is 3.76. The van der Waals surface area contributed by atoms with Crippen LogP contribution in [0.5, 0.6) is 11.5 Å². The van der Waals surface area contributed by atoms with Gasteiger partial charge in [-0.15, -0.1) is 0 Å². The lowest BCUT2D eigenvalue weighted by Gasteiger charge is -2.09. The second kappa shape index (κ2) is 9.12. The van der Waals surface area contributed by atoms with Gasteiger partial charge in [0, 0.05) is 16.5 Å². The first-order chi connectivity index (χ1) is 11.6. The summed E-state index contributed by atoms with van der Waals surface area (Å²) in [4.78, 5) is 12.4. The molecule has 0 saturated heterocycles. The Labute approximate surface area is 143 Å². The summed E-state index contributed by atoms with van der Waals surface area (Å²) in [6.45, 7) is 0.627. The highest BCUT2D eigenvalue weighted by molar-refractivity contribution is 7.99. The Morgan fingerprint density at radius 2 is 1.88 bits per heavy atom. The van der Waals surface area contributed by atoms with E-state index in [9.17, 15) is 13.6 Å². The molecule has 0 atom stereocenters. The molecule has 4 nitrogen and oxygen atoms in total. The molecular weight excluding hydrogens is 336 g/mol. The van der Waals surface area contributed by atoms with E-state index in [4.69, 9.17) is 9.47 Å². The fourth-order valence-electron chi connectivity index (χ4n) is 1.91. The van der Waals surface area contributed by atoms with Gasteiger partial charge in [-0.05, 0) is 36.4 Å². The number of carbonyl (C=O) groups is 1. The van der Waals surface area contributed by atoms with E-state index in [1.54, 1.807) is 19.2 Å². The highest BCUT2D eigenvalue weighted by Gasteiger charge is 2.08. The maximum absolute atomic E-state index is 12.2. The number of alkyl halides is 2. The third-order valence-electron chi connectivity index (χ3n) is 3.04. The van der Waals surface area contributed by atoms with E-state index in [1.165, 1.54) is 24.3 Å². The Kier molecular flexibility index (Phi) is 6.87. The molecule has 128 valence electrons. The standard InChI is InChI=1S/C17H17F2NO3S/c1-22-13-3-2-4-14(11-13)23-10-9-20-16(21)12-5-7-15(8-6-12)24-17(18)19/h2-8,11,17H,9-10H2,1H3,(H,20,21). The van der Waals surface area contributed by atoms with Crippen molar-refractivity contribution in [1.29, 1.82) is 0 Å². The first-order valence-electron chi connectivity index (χ1n) is 7.18. The van der Waals surface area contributed by atoms with Crippen LogP contribution in [0.1, 0.15) is 10.4 Å². The van der Waals surface area contributed by atoms with Crippen LogP contribution in [0.25, 0.3) is 0 Å². The largest absolute Gasteiger partial charge is 0.497 e. The van der Waals surface area contributed by atoms with Crippen molar-refractivity contribution in [2.45, 2.75) is 10.7 Å². The minimum absolute atomic E-state index is 0.280. The Morgan fingerprint density at radius 3 is 2.54 bits per heavy atom. The lowest BCUT2D eigenvalue weighted by molar-refractivity contribution is 0.0947. The van der Waals surface area contributed by atoms with Crippen LogP contribution in [0.2, 0.25) is 0 Å². The summed E-state index contributed by atoms with van der Waals surface area (Å²) in [7, 11) is 1.57. The number of nitrogens with one attached hydrogen (secondary N) is 1. The van der Waals surface area contributed by atoms with Gasteiger partial charge in [0.25, 0.3) is 11.7 Å². The molecule has 0 heterocycles. The molecule has 2 rings (SSSR count). The van der Waals surface area contributed by atoms with E-state index < -0.39 is 5.76 Å². The topological polar surface area (TPSA) is 47.6 Å². The zero-order valence-corrected chi connectivity index (χ0v) is 13.8. The predicted octanol–water partition coefficient (Wildman–Crippen LogP) is 3.82. The number of methoxy groups -OCH3 is 1. The molecule has 0 bridgehead atoms. The van der Waals surface area contributed by atoms with E-state index in [1.807, 2.05) is 12.1 Å². The average molecular weight is 353 g/mol. The van der Waals surface area contributed by atoms with Crippen molar-refractivity contribution in [2.75, 3.05) is 20.3 Å². The predicted molar refractivity (Wildman–Crippen MR) is 89.1 cm³/mol. The van der Waals surface area contributed by atoms with Crippen LogP contribution in [-0.4, -0.2) is 31.9 Å². The summed E-state index contributed by atoms with van der Waals surface area (Å²) < 4.78 is 35.1. The van der Waals surface area contributed by atoms with Gasteiger partial charge in [-0.25, -0.2) is 0 Å². The van der Waals surface area contributed by atoms with E-state index in [2.05, 4.69) is 5.32 Å². The molecule has 0 fully saturated rings. The Morgan fingerprint density at radius 1 is 1.17 bits per heavy atom. The van der Waals surface area contributed by atoms with Gasteiger partial charge in [0.15, 0.2) is 0 Å². The monoisotopic (exact) mass is 353 g/mol. The van der Waals surface area contributed by atoms with Gasteiger partial charge < -0.3 is 14.8 Å². The number of carbonyl (C=O) groups excluding carboxylic acids is 1. The van der Waals surface area contributed by atoms with Crippen LogP contribution >= 0.6 is 11.8 Å². The number of hydrogen-bond acceptors (Lipinski definition) is 4. The van der Waals surface area contributed by atoms with Crippen molar-refractivity contribution in [2.24, 2.45) is 0 Å². The van der Waals surface area contributed by atoms with Crippen molar-refractivity contribution >= 4 is 17.7 Å². The molecule has 0 spiro atoms. The molecule has 0 unspecified atom stereocenters. The second-order valence-electron chi connectivity index (χ2n) is 4.69. The molecule has 1 N–H and O–H groups in total. The molecule has 0 saturated carbocycles. The lowest BCUT2D eigenvalue weighted by Crippen LogP contribution is -2.28. The minimum atomic E-state index is -2.47. The highest BCUT2D eigenvalue weighted by Crippen LogP contribution is 2.25. The highest BCUT2D eigenvalue weighted by atomic mass is 32.2. The summed E-state index contributed by atoms with van der Waals surface area (Å²) in [6.07, 6.45) is 0. The van der Waals surface area contributed by atoms with E-state index in [-0.39, 0.29) is 5.91 Å². The molecule has 2 aromatic carbocycles. The summed E-state index contributed by atoms with van der Waals surface area (Å²) in [5.74, 6) is -1.41. The first kappa shape index (κ1) is 18.1. The van der Waals surface area contributed by atoms with Gasteiger partial charge in [0.05, 0.1) is 13.7 Å². The fraction of sp³-hybridized carbons (Fsp3) is 0.235. The molecule has 0 aliphatic carbocycles. The number of rotatable bonds is 8. The molecule has 0 aliphatic rings. The third kappa shape index (κ3) is 5.73. The number of hydrogen-bond donors (Lipinski definition) is 1. The molecule has 0 radical (unpaired) electrons. The maximum atomic E-state index is 12.2. The van der Waals surface area contributed by atoms with Gasteiger partial charge in [-0.3, -0.25) is 4.79 Å². The van der Waals surface area contributed by atoms with Crippen LogP contribution in [0.3, 0.4) is 0 Å². The Bertz CT molecular complexity index is 665. The Hall–Kier alpha value is -2.28. The molecule has 2 aromatic rings. The molecule has 24 heavy (non-hydrogen) atoms. The van der Waals surface area contributed by atoms with E-state index >= 15 is 0 Å². The van der Waals surface area contributed by atoms with Gasteiger partial charge in [0.2, 0.25) is 0 Å². The smallest absolute Gasteiger partial charge is 0.288 e. The minimum Gasteiger partial charge on any atom is -0.497 e. The maximum Gasteiger partial charge on any atom is 0.288 e. The quantitative estimate of drug-likeness (QED) is 0.579. The summed E-state index contributed by atoms with van der Waals surface area (Å²) in [5.41, 5.74) is 0.412. The summed E-state index contributed by atoms with van der Waals surface area (Å²) in [6, 6.07) is 13.2. The fourth-order valence-corrected chi connectivity index (χ4v) is 2.41. The number of ether oxygens (including phenoxy) is 2. The van der Waals surface area contributed by atoms with Crippen molar-refractivity contribution in [1.82, 2.24) is 5.32 Å². The first-order valence-corrected chi connectivity index (χ1v) is 8.06. The number of halogens is 2. The van der Waals surface area contributed by atoms with Crippen molar-refractivity contribution in [3.05, 3.63) is 54.1 Å². The van der Waals surface area contributed by atoms with Crippen molar-refractivity contribution < 1.29 is 23.0 Å². The van der Waals surface area contributed by atoms with Crippen LogP contribution < -0.4 is 14.8 Å². The number of amides is 1. The number of benzene rings is 2. The molecular formula is C17H17F2NO3S. The van der Waals surface area contributed by atoms with Gasteiger partial charge in [-0.2, -0.15) is 8.78 Å². The van der Waals surface area contributed by atoms with Crippen molar-refractivity contribution in [3.63, 3.8) is 0 Å². The van der Waals surface area contributed by atoms with E-state index in [0.29, 0.717) is 46.9 Å². The van der Waals surface area contributed by atoms with Gasteiger partial charge >= 0.3 is 0 Å². The van der Waals surface area contributed by atoms with Crippen LogP contribution in [-0.2, 0) is 0 Å². The SMILES string of the molecule is COc1cccc(OCCNC(=O)c2ccc(SC(F)F)cc2)c1. The molecule has 1 amide bonds. The zero-order valence-electron chi connectivity index (χ0n) is 13.0. The number of thioether (sulfide) groups is 1. The second-order valence-corrected chi connectivity index (χ2v) is 5.75. The molecule has 7 heteroatoms. The van der Waals surface area contributed by atoms with Crippen molar-refractivity contribution in [3.8, 4) is 11.5 Å². The van der Waals surface area contributed by atoms with Crippen LogP contribution in [0.4, 0.5) is 8.78 Å². The lowest BCUT2D eigenvalue weighted by atomic mass is 10.2.